The van der Waals surface area contributed by atoms with Crippen LogP contribution in [0.25, 0.3) is 83.1 Å². The lowest BCUT2D eigenvalue weighted by atomic mass is 10.00. The van der Waals surface area contributed by atoms with E-state index in [4.69, 9.17) is 9.40 Å². The molecule has 0 saturated heterocycles. The molecule has 4 heteroatoms. The van der Waals surface area contributed by atoms with Gasteiger partial charge in [0.05, 0.1) is 11.0 Å². The second kappa shape index (κ2) is 13.6. The molecule has 57 heavy (non-hydrogen) atoms. The minimum atomic E-state index is 0.637. The van der Waals surface area contributed by atoms with Crippen LogP contribution in [0, 0.1) is 0 Å². The molecule has 4 nitrogen and oxygen atoms in total. The van der Waals surface area contributed by atoms with Crippen molar-refractivity contribution in [1.82, 2.24) is 9.55 Å². The summed E-state index contributed by atoms with van der Waals surface area (Å²) in [6, 6.07) is 75.4. The van der Waals surface area contributed by atoms with E-state index >= 15 is 0 Å². The SMILES string of the molecule is c1ccc(-c2cccc(N(c3ccc(-c4ccc5c(ccc6nc(-c7ccccc7)oc65)c4)cc3)c3ccc4c(c3)c3ccccc3n4-c3ccccc3)c2)cc1. The summed E-state index contributed by atoms with van der Waals surface area (Å²) in [5.74, 6) is 0.637. The number of oxazole rings is 1. The van der Waals surface area contributed by atoms with Gasteiger partial charge in [-0.2, -0.15) is 0 Å². The van der Waals surface area contributed by atoms with Gasteiger partial charge >= 0.3 is 0 Å². The van der Waals surface area contributed by atoms with E-state index in [1.165, 1.54) is 32.9 Å². The molecule has 2 heterocycles. The first-order chi connectivity index (χ1) is 28.2. The van der Waals surface area contributed by atoms with Gasteiger partial charge in [-0.3, -0.25) is 0 Å². The second-order valence-electron chi connectivity index (χ2n) is 14.4. The van der Waals surface area contributed by atoms with E-state index in [2.05, 4.69) is 191 Å². The Labute approximate surface area is 330 Å². The van der Waals surface area contributed by atoms with Crippen molar-refractivity contribution in [3.05, 3.63) is 212 Å². The highest BCUT2D eigenvalue weighted by Crippen LogP contribution is 2.41. The van der Waals surface area contributed by atoms with Crippen LogP contribution in [0.2, 0.25) is 0 Å². The van der Waals surface area contributed by atoms with Crippen LogP contribution >= 0.6 is 0 Å². The molecule has 0 atom stereocenters. The minimum absolute atomic E-state index is 0.637. The quantitative estimate of drug-likeness (QED) is 0.164. The molecule has 11 rings (SSSR count). The Hall–Kier alpha value is -7.69. The van der Waals surface area contributed by atoms with Crippen LogP contribution < -0.4 is 4.90 Å². The Morgan fingerprint density at radius 2 is 1.00 bits per heavy atom. The number of anilines is 3. The summed E-state index contributed by atoms with van der Waals surface area (Å²) in [6.07, 6.45) is 0. The maximum absolute atomic E-state index is 6.33. The van der Waals surface area contributed by atoms with Gasteiger partial charge in [0.1, 0.15) is 5.52 Å². The third kappa shape index (κ3) is 5.74. The van der Waals surface area contributed by atoms with E-state index in [1.807, 2.05) is 30.3 Å². The van der Waals surface area contributed by atoms with Crippen molar-refractivity contribution in [2.45, 2.75) is 0 Å². The zero-order valence-electron chi connectivity index (χ0n) is 31.0. The smallest absolute Gasteiger partial charge is 0.227 e. The molecule has 0 spiro atoms. The monoisotopic (exact) mass is 729 g/mol. The zero-order chi connectivity index (χ0) is 37.7. The molecule has 0 saturated carbocycles. The van der Waals surface area contributed by atoms with Crippen molar-refractivity contribution < 1.29 is 4.42 Å². The summed E-state index contributed by atoms with van der Waals surface area (Å²) in [7, 11) is 0. The highest BCUT2D eigenvalue weighted by Gasteiger charge is 2.19. The van der Waals surface area contributed by atoms with E-state index in [0.29, 0.717) is 5.89 Å². The third-order valence-electron chi connectivity index (χ3n) is 11.0. The molecule has 11 aromatic rings. The highest BCUT2D eigenvalue weighted by molar-refractivity contribution is 6.11. The van der Waals surface area contributed by atoms with Gasteiger partial charge in [0.2, 0.25) is 5.89 Å². The van der Waals surface area contributed by atoms with Gasteiger partial charge in [0.15, 0.2) is 5.58 Å². The van der Waals surface area contributed by atoms with Crippen molar-refractivity contribution in [1.29, 1.82) is 0 Å². The molecule has 2 aromatic heterocycles. The fourth-order valence-corrected chi connectivity index (χ4v) is 8.26. The van der Waals surface area contributed by atoms with Gasteiger partial charge in [-0.1, -0.05) is 121 Å². The maximum Gasteiger partial charge on any atom is 0.227 e. The Balaban J connectivity index is 1.02. The molecule has 0 aliphatic heterocycles. The molecule has 0 radical (unpaired) electrons. The van der Waals surface area contributed by atoms with Crippen molar-refractivity contribution in [3.8, 4) is 39.4 Å². The molecule has 0 unspecified atom stereocenters. The number of nitrogens with zero attached hydrogens (tertiary/aromatic N) is 3. The van der Waals surface area contributed by atoms with E-state index in [9.17, 15) is 0 Å². The fraction of sp³-hybridized carbons (Fsp3) is 0. The van der Waals surface area contributed by atoms with Crippen LogP contribution in [0.4, 0.5) is 17.1 Å². The van der Waals surface area contributed by atoms with Crippen molar-refractivity contribution in [2.24, 2.45) is 0 Å². The average molecular weight is 730 g/mol. The minimum Gasteiger partial charge on any atom is -0.435 e. The first-order valence-electron chi connectivity index (χ1n) is 19.3. The standard InChI is InChI=1S/C53H35N3O/c1-4-13-36(14-5-1)39-17-12-20-44(34-39)55(45-29-32-51-48(35-45)47-21-10-11-22-50(47)56(51)42-18-8-3-9-19-42)43-27-23-37(24-28-43)40-25-30-46-41(33-40)26-31-49-52(46)57-53(54-49)38-15-6-2-7-16-38/h1-35H. The molecule has 268 valence electrons. The molecule has 9 aromatic carbocycles. The van der Waals surface area contributed by atoms with Gasteiger partial charge in [-0.05, 0) is 119 Å². The molecule has 0 fully saturated rings. The van der Waals surface area contributed by atoms with Crippen molar-refractivity contribution in [3.63, 3.8) is 0 Å². The topological polar surface area (TPSA) is 34.2 Å². The fourth-order valence-electron chi connectivity index (χ4n) is 8.26. The number of hydrogen-bond donors (Lipinski definition) is 0. The van der Waals surface area contributed by atoms with Crippen LogP contribution in [0.1, 0.15) is 0 Å². The van der Waals surface area contributed by atoms with Gasteiger partial charge in [0.25, 0.3) is 0 Å². The summed E-state index contributed by atoms with van der Waals surface area (Å²) < 4.78 is 8.70. The molecule has 0 N–H and O–H groups in total. The van der Waals surface area contributed by atoms with Gasteiger partial charge in [0, 0.05) is 44.5 Å². The first kappa shape index (κ1) is 32.7. The van der Waals surface area contributed by atoms with E-state index in [1.54, 1.807) is 0 Å². The largest absolute Gasteiger partial charge is 0.435 e. The molecular formula is C53H35N3O. The highest BCUT2D eigenvalue weighted by atomic mass is 16.3. The predicted octanol–water partition coefficient (Wildman–Crippen LogP) is 14.5. The lowest BCUT2D eigenvalue weighted by molar-refractivity contribution is 0.623. The number of fused-ring (bicyclic) bond motifs is 6. The average Bonchev–Trinajstić information content (AvgIpc) is 3.88. The number of rotatable bonds is 7. The predicted molar refractivity (Wildman–Crippen MR) is 237 cm³/mol. The lowest BCUT2D eigenvalue weighted by Crippen LogP contribution is -2.10. The normalized spacial score (nSPS) is 11.5. The Morgan fingerprint density at radius 3 is 1.81 bits per heavy atom. The number of para-hydroxylation sites is 2. The van der Waals surface area contributed by atoms with Crippen LogP contribution in [-0.4, -0.2) is 9.55 Å². The summed E-state index contributed by atoms with van der Waals surface area (Å²) >= 11 is 0. The van der Waals surface area contributed by atoms with Crippen LogP contribution in [0.5, 0.6) is 0 Å². The maximum atomic E-state index is 6.33. The summed E-state index contributed by atoms with van der Waals surface area (Å²) in [5, 5.41) is 4.60. The van der Waals surface area contributed by atoms with E-state index in [-0.39, 0.29) is 0 Å². The van der Waals surface area contributed by atoms with Gasteiger partial charge in [-0.15, -0.1) is 0 Å². The van der Waals surface area contributed by atoms with Crippen LogP contribution in [-0.2, 0) is 0 Å². The van der Waals surface area contributed by atoms with Crippen molar-refractivity contribution in [2.75, 3.05) is 4.90 Å². The lowest BCUT2D eigenvalue weighted by Gasteiger charge is -2.26. The van der Waals surface area contributed by atoms with Crippen LogP contribution in [0.15, 0.2) is 217 Å². The van der Waals surface area contributed by atoms with E-state index < -0.39 is 0 Å². The first-order valence-corrected chi connectivity index (χ1v) is 19.3. The van der Waals surface area contributed by atoms with E-state index in [0.717, 1.165) is 61.3 Å². The van der Waals surface area contributed by atoms with Crippen LogP contribution in [0.3, 0.4) is 0 Å². The molecular weight excluding hydrogens is 695 g/mol. The second-order valence-corrected chi connectivity index (χ2v) is 14.4. The summed E-state index contributed by atoms with van der Waals surface area (Å²) in [4.78, 5) is 7.16. The molecule has 0 amide bonds. The summed E-state index contributed by atoms with van der Waals surface area (Å²) in [5.41, 5.74) is 14.1. The Morgan fingerprint density at radius 1 is 0.386 bits per heavy atom. The van der Waals surface area contributed by atoms with Crippen molar-refractivity contribution >= 4 is 60.7 Å². The molecule has 0 aliphatic rings. The third-order valence-corrected chi connectivity index (χ3v) is 11.0. The Kier molecular flexibility index (Phi) is 7.78. The Bertz CT molecular complexity index is 3220. The van der Waals surface area contributed by atoms with Gasteiger partial charge < -0.3 is 13.9 Å². The summed E-state index contributed by atoms with van der Waals surface area (Å²) in [6.45, 7) is 0. The zero-order valence-corrected chi connectivity index (χ0v) is 31.0. The molecule has 0 aliphatic carbocycles. The number of hydrogen-bond acceptors (Lipinski definition) is 3. The number of aromatic nitrogens is 2. The van der Waals surface area contributed by atoms with Gasteiger partial charge in [-0.25, -0.2) is 4.98 Å². The molecule has 0 bridgehead atoms. The number of benzene rings is 9.